The number of nitrogens with zero attached hydrogens (tertiary/aromatic N) is 1. The fraction of sp³-hybridized carbons (Fsp3) is 0.200. The molecule has 6 nitrogen and oxygen atoms in total. The first kappa shape index (κ1) is 20.5. The van der Waals surface area contributed by atoms with Gasteiger partial charge >= 0.3 is 0 Å². The van der Waals surface area contributed by atoms with Gasteiger partial charge in [-0.1, -0.05) is 18.2 Å². The van der Waals surface area contributed by atoms with Gasteiger partial charge in [-0.25, -0.2) is 0 Å². The number of hydrogen-bond donors (Lipinski definition) is 1. The lowest BCUT2D eigenvalue weighted by molar-refractivity contribution is -0.124. The fourth-order valence-electron chi connectivity index (χ4n) is 3.62. The van der Waals surface area contributed by atoms with Crippen LogP contribution in [0.15, 0.2) is 72.8 Å². The summed E-state index contributed by atoms with van der Waals surface area (Å²) < 4.78 is 11.3. The first-order chi connectivity index (χ1) is 15.0. The maximum Gasteiger partial charge on any atom is 0.232 e. The molecule has 0 aromatic heterocycles. The highest BCUT2D eigenvalue weighted by Gasteiger charge is 2.33. The molecule has 3 aromatic carbocycles. The first-order valence-electron chi connectivity index (χ1n) is 10.2. The zero-order valence-electron chi connectivity index (χ0n) is 17.5. The van der Waals surface area contributed by atoms with E-state index in [1.165, 1.54) is 0 Å². The number of para-hydroxylation sites is 1. The van der Waals surface area contributed by atoms with Crippen molar-refractivity contribution in [1.82, 2.24) is 0 Å². The number of amides is 2. The summed E-state index contributed by atoms with van der Waals surface area (Å²) in [7, 11) is 1.73. The van der Waals surface area contributed by atoms with Gasteiger partial charge in [-0.3, -0.25) is 9.59 Å². The minimum absolute atomic E-state index is 0.0713. The van der Waals surface area contributed by atoms with Gasteiger partial charge in [0.05, 0.1) is 12.5 Å². The van der Waals surface area contributed by atoms with Crippen LogP contribution in [0.4, 0.5) is 11.4 Å². The van der Waals surface area contributed by atoms with Gasteiger partial charge in [0, 0.05) is 24.8 Å². The van der Waals surface area contributed by atoms with Crippen LogP contribution >= 0.6 is 0 Å². The van der Waals surface area contributed by atoms with Crippen molar-refractivity contribution < 1.29 is 19.1 Å². The third-order valence-electron chi connectivity index (χ3n) is 5.24. The quantitative estimate of drug-likeness (QED) is 0.616. The first-order valence-corrected chi connectivity index (χ1v) is 10.2. The summed E-state index contributed by atoms with van der Waals surface area (Å²) in [6.45, 7) is 2.55. The Hall–Kier alpha value is -3.80. The summed E-state index contributed by atoms with van der Waals surface area (Å²) in [6.07, 6.45) is 0.151. The monoisotopic (exact) mass is 416 g/mol. The molecule has 4 rings (SSSR count). The maximum absolute atomic E-state index is 12.9. The van der Waals surface area contributed by atoms with E-state index in [0.717, 1.165) is 17.0 Å². The molecule has 0 saturated heterocycles. The predicted molar refractivity (Wildman–Crippen MR) is 120 cm³/mol. The van der Waals surface area contributed by atoms with Crippen LogP contribution in [-0.4, -0.2) is 25.5 Å². The van der Waals surface area contributed by atoms with Crippen LogP contribution in [-0.2, 0) is 9.59 Å². The summed E-state index contributed by atoms with van der Waals surface area (Å²) in [5.41, 5.74) is 2.28. The van der Waals surface area contributed by atoms with Crippen molar-refractivity contribution in [3.05, 3.63) is 78.4 Å². The van der Waals surface area contributed by atoms with E-state index in [-0.39, 0.29) is 18.2 Å². The Morgan fingerprint density at radius 2 is 1.58 bits per heavy atom. The van der Waals surface area contributed by atoms with Gasteiger partial charge in [0.15, 0.2) is 0 Å². The molecule has 1 atom stereocenters. The molecule has 2 amide bonds. The van der Waals surface area contributed by atoms with Gasteiger partial charge in [-0.05, 0) is 67.1 Å². The Labute approximate surface area is 181 Å². The summed E-state index contributed by atoms with van der Waals surface area (Å²) in [4.78, 5) is 26.8. The molecule has 0 fully saturated rings. The molecular weight excluding hydrogens is 392 g/mol. The van der Waals surface area contributed by atoms with Crippen molar-refractivity contribution in [3.63, 3.8) is 0 Å². The van der Waals surface area contributed by atoms with Crippen LogP contribution in [0.2, 0.25) is 0 Å². The molecule has 1 aliphatic rings. The molecule has 1 heterocycles. The fourth-order valence-corrected chi connectivity index (χ4v) is 3.62. The summed E-state index contributed by atoms with van der Waals surface area (Å²) in [5, 5.41) is 2.92. The van der Waals surface area contributed by atoms with Crippen molar-refractivity contribution >= 4 is 23.2 Å². The minimum atomic E-state index is -0.514. The number of fused-ring (bicyclic) bond motifs is 1. The lowest BCUT2D eigenvalue weighted by Gasteiger charge is -2.30. The molecule has 158 valence electrons. The smallest absolute Gasteiger partial charge is 0.232 e. The van der Waals surface area contributed by atoms with Crippen LogP contribution in [0, 0.1) is 0 Å². The lowest BCUT2D eigenvalue weighted by atomic mass is 9.89. The van der Waals surface area contributed by atoms with Gasteiger partial charge < -0.3 is 19.7 Å². The number of rotatable bonds is 6. The number of anilines is 2. The largest absolute Gasteiger partial charge is 0.494 e. The SMILES string of the molecule is CCOc1ccc(Oc2ccc(NC(=O)[C@@H]3CC(=O)N(C)c4ccccc43)cc2)cc1. The highest BCUT2D eigenvalue weighted by molar-refractivity contribution is 6.05. The molecule has 0 saturated carbocycles. The molecule has 0 bridgehead atoms. The third kappa shape index (κ3) is 4.53. The van der Waals surface area contributed by atoms with Crippen molar-refractivity contribution in [2.75, 3.05) is 23.9 Å². The average Bonchev–Trinajstić information content (AvgIpc) is 2.79. The number of ether oxygens (including phenoxy) is 2. The zero-order valence-corrected chi connectivity index (χ0v) is 17.5. The van der Waals surface area contributed by atoms with Crippen molar-refractivity contribution in [1.29, 1.82) is 0 Å². The van der Waals surface area contributed by atoms with Crippen LogP contribution in [0.5, 0.6) is 17.2 Å². The van der Waals surface area contributed by atoms with E-state index in [1.54, 1.807) is 36.2 Å². The number of carbonyl (C=O) groups excluding carboxylic acids is 2. The molecule has 31 heavy (non-hydrogen) atoms. The second-order valence-corrected chi connectivity index (χ2v) is 7.29. The Balaban J connectivity index is 1.42. The highest BCUT2D eigenvalue weighted by atomic mass is 16.5. The van der Waals surface area contributed by atoms with E-state index in [9.17, 15) is 9.59 Å². The summed E-state index contributed by atoms with van der Waals surface area (Å²) in [5.74, 6) is 1.36. The van der Waals surface area contributed by atoms with Crippen molar-refractivity contribution in [3.8, 4) is 17.2 Å². The van der Waals surface area contributed by atoms with Gasteiger partial charge in [0.25, 0.3) is 0 Å². The standard InChI is InChI=1S/C25H24N2O4/c1-3-30-18-12-14-20(15-13-18)31-19-10-8-17(9-11-19)26-25(29)22-16-24(28)27(2)23-7-5-4-6-21(22)23/h4-15,22H,3,16H2,1-2H3,(H,26,29)/t22-/m1/s1. The highest BCUT2D eigenvalue weighted by Crippen LogP contribution is 2.36. The number of carbonyl (C=O) groups is 2. The number of benzene rings is 3. The summed E-state index contributed by atoms with van der Waals surface area (Å²) in [6, 6.07) is 22.1. The maximum atomic E-state index is 12.9. The molecular formula is C25H24N2O4. The second kappa shape index (κ2) is 8.92. The Morgan fingerprint density at radius 1 is 0.968 bits per heavy atom. The van der Waals surface area contributed by atoms with Crippen LogP contribution in [0.25, 0.3) is 0 Å². The number of nitrogens with one attached hydrogen (secondary N) is 1. The third-order valence-corrected chi connectivity index (χ3v) is 5.24. The Morgan fingerprint density at radius 3 is 2.26 bits per heavy atom. The molecule has 0 aliphatic carbocycles. The molecule has 3 aromatic rings. The molecule has 1 aliphatic heterocycles. The van der Waals surface area contributed by atoms with Gasteiger partial charge in [0.2, 0.25) is 11.8 Å². The van der Waals surface area contributed by atoms with Gasteiger partial charge in [0.1, 0.15) is 17.2 Å². The van der Waals surface area contributed by atoms with E-state index in [1.807, 2.05) is 55.5 Å². The predicted octanol–water partition coefficient (Wildman–Crippen LogP) is 4.97. The van der Waals surface area contributed by atoms with Crippen LogP contribution in [0.1, 0.15) is 24.8 Å². The topological polar surface area (TPSA) is 67.9 Å². The van der Waals surface area contributed by atoms with Crippen LogP contribution in [0.3, 0.4) is 0 Å². The average molecular weight is 416 g/mol. The van der Waals surface area contributed by atoms with E-state index < -0.39 is 5.92 Å². The van der Waals surface area contributed by atoms with E-state index >= 15 is 0 Å². The molecule has 1 N–H and O–H groups in total. The zero-order chi connectivity index (χ0) is 21.8. The van der Waals surface area contributed by atoms with E-state index in [2.05, 4.69) is 5.32 Å². The minimum Gasteiger partial charge on any atom is -0.494 e. The molecule has 6 heteroatoms. The molecule has 0 unspecified atom stereocenters. The van der Waals surface area contributed by atoms with E-state index in [0.29, 0.717) is 23.8 Å². The van der Waals surface area contributed by atoms with Gasteiger partial charge in [-0.15, -0.1) is 0 Å². The number of hydrogen-bond acceptors (Lipinski definition) is 4. The summed E-state index contributed by atoms with van der Waals surface area (Å²) >= 11 is 0. The Kier molecular flexibility index (Phi) is 5.89. The second-order valence-electron chi connectivity index (χ2n) is 7.29. The molecule has 0 spiro atoms. The molecule has 0 radical (unpaired) electrons. The van der Waals surface area contributed by atoms with E-state index in [4.69, 9.17) is 9.47 Å². The van der Waals surface area contributed by atoms with Gasteiger partial charge in [-0.2, -0.15) is 0 Å². The van der Waals surface area contributed by atoms with Crippen molar-refractivity contribution in [2.45, 2.75) is 19.3 Å². The lowest BCUT2D eigenvalue weighted by Crippen LogP contribution is -2.37. The van der Waals surface area contributed by atoms with Crippen LogP contribution < -0.4 is 19.7 Å². The normalized spacial score (nSPS) is 15.2. The Bertz CT molecular complexity index is 1080. The van der Waals surface area contributed by atoms with Crippen molar-refractivity contribution in [2.24, 2.45) is 0 Å².